The molecule has 0 fully saturated rings. The summed E-state index contributed by atoms with van der Waals surface area (Å²) in [6.07, 6.45) is 0.803. The maximum atomic E-state index is 13.2. The van der Waals surface area contributed by atoms with Crippen molar-refractivity contribution in [1.82, 2.24) is 4.98 Å². The number of ether oxygens (including phenoxy) is 2. The quantitative estimate of drug-likeness (QED) is 0.533. The number of aryl methyl sites for hydroxylation is 1. The van der Waals surface area contributed by atoms with Crippen molar-refractivity contribution in [1.29, 1.82) is 0 Å². The van der Waals surface area contributed by atoms with E-state index < -0.39 is 0 Å². The van der Waals surface area contributed by atoms with Gasteiger partial charge >= 0.3 is 0 Å². The van der Waals surface area contributed by atoms with Crippen molar-refractivity contribution in [3.63, 3.8) is 0 Å². The van der Waals surface area contributed by atoms with Crippen LogP contribution in [0.2, 0.25) is 5.02 Å². The average Bonchev–Trinajstić information content (AvgIpc) is 3.23. The van der Waals surface area contributed by atoms with Crippen LogP contribution in [0.1, 0.15) is 25.1 Å². The van der Waals surface area contributed by atoms with Gasteiger partial charge in [0.25, 0.3) is 5.91 Å². The van der Waals surface area contributed by atoms with E-state index in [4.69, 9.17) is 21.1 Å². The summed E-state index contributed by atoms with van der Waals surface area (Å²) in [6.45, 7) is 5.79. The van der Waals surface area contributed by atoms with Gasteiger partial charge in [0.05, 0.1) is 16.4 Å². The Labute approximate surface area is 178 Å². The lowest BCUT2D eigenvalue weighted by atomic mass is 10.0. The van der Waals surface area contributed by atoms with Crippen LogP contribution in [0.15, 0.2) is 47.8 Å². The van der Waals surface area contributed by atoms with Crippen LogP contribution >= 0.6 is 22.9 Å². The van der Waals surface area contributed by atoms with E-state index >= 15 is 0 Å². The van der Waals surface area contributed by atoms with Crippen LogP contribution in [-0.2, 0) is 11.2 Å². The Kier molecular flexibility index (Phi) is 5.23. The summed E-state index contributed by atoms with van der Waals surface area (Å²) in [4.78, 5) is 19.1. The number of thiazole rings is 1. The maximum absolute atomic E-state index is 13.2. The molecule has 0 spiro atoms. The van der Waals surface area contributed by atoms with E-state index in [1.54, 1.807) is 12.1 Å². The first-order valence-electron chi connectivity index (χ1n) is 9.27. The number of hydrogen-bond donors (Lipinski definition) is 0. The number of amides is 1. The van der Waals surface area contributed by atoms with Gasteiger partial charge in [0.1, 0.15) is 5.60 Å². The summed E-state index contributed by atoms with van der Waals surface area (Å²) in [6, 6.07) is 13.0. The number of carbonyl (C=O) groups excluding carboxylic acids is 1. The third-order valence-corrected chi connectivity index (χ3v) is 5.81. The number of halogens is 1. The predicted molar refractivity (Wildman–Crippen MR) is 116 cm³/mol. The number of nitrogens with zero attached hydrogens (tertiary/aromatic N) is 2. The maximum Gasteiger partial charge on any atom is 0.271 e. The van der Waals surface area contributed by atoms with E-state index in [1.165, 1.54) is 16.2 Å². The van der Waals surface area contributed by atoms with E-state index in [0.29, 0.717) is 27.3 Å². The van der Waals surface area contributed by atoms with Gasteiger partial charge in [-0.05, 0) is 39.0 Å². The van der Waals surface area contributed by atoms with Crippen molar-refractivity contribution in [2.45, 2.75) is 32.8 Å². The number of aromatic nitrogens is 1. The van der Waals surface area contributed by atoms with E-state index in [-0.39, 0.29) is 18.1 Å². The smallest absolute Gasteiger partial charge is 0.271 e. The highest BCUT2D eigenvalue weighted by Gasteiger charge is 2.32. The second kappa shape index (κ2) is 7.69. The third-order valence-electron chi connectivity index (χ3n) is 4.55. The molecule has 1 aliphatic rings. The monoisotopic (exact) mass is 428 g/mol. The van der Waals surface area contributed by atoms with Gasteiger partial charge in [-0.2, -0.15) is 0 Å². The molecule has 0 radical (unpaired) electrons. The Balaban J connectivity index is 1.59. The summed E-state index contributed by atoms with van der Waals surface area (Å²) in [5.74, 6) is 1.01. The molecule has 4 rings (SSSR count). The Morgan fingerprint density at radius 2 is 2.07 bits per heavy atom. The fraction of sp³-hybridized carbons (Fsp3) is 0.273. The number of rotatable bonds is 5. The predicted octanol–water partition coefficient (Wildman–Crippen LogP) is 5.56. The Morgan fingerprint density at radius 1 is 1.28 bits per heavy atom. The van der Waals surface area contributed by atoms with E-state index in [2.05, 4.69) is 4.98 Å². The number of anilines is 2. The van der Waals surface area contributed by atoms with Crippen LogP contribution in [0.25, 0.3) is 0 Å². The minimum Gasteiger partial charge on any atom is -0.483 e. The summed E-state index contributed by atoms with van der Waals surface area (Å²) in [5, 5.41) is 2.92. The summed E-state index contributed by atoms with van der Waals surface area (Å²) < 4.78 is 11.9. The summed E-state index contributed by atoms with van der Waals surface area (Å²) in [7, 11) is 0. The van der Waals surface area contributed by atoms with Crippen molar-refractivity contribution < 1.29 is 14.3 Å². The number of benzene rings is 2. The van der Waals surface area contributed by atoms with Gasteiger partial charge in [-0.3, -0.25) is 9.69 Å². The van der Waals surface area contributed by atoms with E-state index in [0.717, 1.165) is 17.7 Å². The van der Waals surface area contributed by atoms with Crippen molar-refractivity contribution >= 4 is 39.7 Å². The molecule has 0 atom stereocenters. The lowest BCUT2D eigenvalue weighted by molar-refractivity contribution is -0.119. The van der Waals surface area contributed by atoms with Crippen molar-refractivity contribution in [2.75, 3.05) is 11.5 Å². The lowest BCUT2D eigenvalue weighted by Crippen LogP contribution is -2.31. The second-order valence-corrected chi connectivity index (χ2v) is 8.77. The summed E-state index contributed by atoms with van der Waals surface area (Å²) in [5.41, 5.74) is 2.21. The first kappa shape index (κ1) is 19.7. The standard InChI is InChI=1S/C22H21ClN2O3S/c1-14-13-29-21(24-14)25(17-9-5-4-8-16(17)23)19(26)12-27-18-10-6-7-15-11-22(2,3)28-20(15)18/h4-10,13H,11-12H2,1-3H3. The molecule has 1 aromatic heterocycles. The van der Waals surface area contributed by atoms with Gasteiger partial charge < -0.3 is 9.47 Å². The molecule has 0 N–H and O–H groups in total. The molecule has 2 aromatic carbocycles. The van der Waals surface area contributed by atoms with Crippen LogP contribution in [0.5, 0.6) is 11.5 Å². The fourth-order valence-electron chi connectivity index (χ4n) is 3.33. The van der Waals surface area contributed by atoms with Crippen LogP contribution in [0.3, 0.4) is 0 Å². The first-order chi connectivity index (χ1) is 13.8. The van der Waals surface area contributed by atoms with Gasteiger partial charge in [0, 0.05) is 17.4 Å². The molecule has 1 amide bonds. The highest BCUT2D eigenvalue weighted by molar-refractivity contribution is 7.14. The van der Waals surface area contributed by atoms with Gasteiger partial charge in [0.2, 0.25) is 0 Å². The van der Waals surface area contributed by atoms with E-state index in [9.17, 15) is 4.79 Å². The molecule has 150 valence electrons. The topological polar surface area (TPSA) is 51.7 Å². The molecule has 0 aliphatic carbocycles. The molecule has 1 aliphatic heterocycles. The second-order valence-electron chi connectivity index (χ2n) is 7.52. The van der Waals surface area contributed by atoms with Crippen molar-refractivity contribution in [3.05, 3.63) is 64.1 Å². The third kappa shape index (κ3) is 4.09. The first-order valence-corrected chi connectivity index (χ1v) is 10.5. The largest absolute Gasteiger partial charge is 0.483 e. The number of fused-ring (bicyclic) bond motifs is 1. The van der Waals surface area contributed by atoms with Gasteiger partial charge in [-0.15, -0.1) is 11.3 Å². The van der Waals surface area contributed by atoms with Crippen molar-refractivity contribution in [3.8, 4) is 11.5 Å². The lowest BCUT2D eigenvalue weighted by Gasteiger charge is -2.22. The molecule has 0 saturated carbocycles. The number of para-hydroxylation sites is 2. The molecule has 5 nitrogen and oxygen atoms in total. The number of carbonyl (C=O) groups is 1. The van der Waals surface area contributed by atoms with Crippen LogP contribution in [0, 0.1) is 6.92 Å². The molecular weight excluding hydrogens is 408 g/mol. The zero-order valence-corrected chi connectivity index (χ0v) is 18.0. The molecule has 7 heteroatoms. The Bertz CT molecular complexity index is 1060. The molecule has 2 heterocycles. The zero-order valence-electron chi connectivity index (χ0n) is 16.4. The normalized spacial score (nSPS) is 14.2. The van der Waals surface area contributed by atoms with E-state index in [1.807, 2.05) is 56.5 Å². The fourth-order valence-corrected chi connectivity index (χ4v) is 4.38. The highest BCUT2D eigenvalue weighted by Crippen LogP contribution is 2.42. The zero-order chi connectivity index (χ0) is 20.6. The highest BCUT2D eigenvalue weighted by atomic mass is 35.5. The van der Waals surface area contributed by atoms with Gasteiger partial charge in [-0.25, -0.2) is 4.98 Å². The molecule has 0 bridgehead atoms. The summed E-state index contributed by atoms with van der Waals surface area (Å²) >= 11 is 7.75. The Hall–Kier alpha value is -2.57. The molecule has 0 saturated heterocycles. The molecule has 0 unspecified atom stereocenters. The Morgan fingerprint density at radius 3 is 2.79 bits per heavy atom. The van der Waals surface area contributed by atoms with Crippen molar-refractivity contribution in [2.24, 2.45) is 0 Å². The molecule has 29 heavy (non-hydrogen) atoms. The SMILES string of the molecule is Cc1csc(N(C(=O)COc2cccc3c2OC(C)(C)C3)c2ccccc2Cl)n1. The minimum absolute atomic E-state index is 0.163. The van der Waals surface area contributed by atoms with Crippen LogP contribution in [0.4, 0.5) is 10.8 Å². The molecule has 3 aromatic rings. The molecular formula is C22H21ClN2O3S. The number of hydrogen-bond acceptors (Lipinski definition) is 5. The van der Waals surface area contributed by atoms with Gasteiger partial charge in [0.15, 0.2) is 23.2 Å². The minimum atomic E-state index is -0.284. The van der Waals surface area contributed by atoms with Gasteiger partial charge in [-0.1, -0.05) is 35.9 Å². The van der Waals surface area contributed by atoms with Crippen LogP contribution in [-0.4, -0.2) is 23.1 Å². The van der Waals surface area contributed by atoms with Crippen LogP contribution < -0.4 is 14.4 Å². The average molecular weight is 429 g/mol.